The number of carbonyl (C=O) groups excluding carboxylic acids is 2. The van der Waals surface area contributed by atoms with Gasteiger partial charge in [-0.3, -0.25) is 14.9 Å². The third-order valence-corrected chi connectivity index (χ3v) is 4.94. The monoisotopic (exact) mass is 394 g/mol. The molecule has 25 heavy (non-hydrogen) atoms. The van der Waals surface area contributed by atoms with E-state index in [9.17, 15) is 31.2 Å². The Bertz CT molecular complexity index is 904. The van der Waals surface area contributed by atoms with Crippen molar-refractivity contribution in [2.24, 2.45) is 0 Å². The second-order valence-electron chi connectivity index (χ2n) is 4.51. The smallest absolute Gasteiger partial charge is 0.427 e. The van der Waals surface area contributed by atoms with Crippen LogP contribution in [0.4, 0.5) is 18.3 Å². The summed E-state index contributed by atoms with van der Waals surface area (Å²) in [6.07, 6.45) is 0. The highest BCUT2D eigenvalue weighted by Gasteiger charge is 2.48. The summed E-state index contributed by atoms with van der Waals surface area (Å²) < 4.78 is 64.5. The largest absolute Gasteiger partial charge is 0.503 e. The van der Waals surface area contributed by atoms with Gasteiger partial charge in [0.1, 0.15) is 5.75 Å². The van der Waals surface area contributed by atoms with Crippen LogP contribution in [0.2, 0.25) is 0 Å². The molecule has 1 amide bonds. The average molecular weight is 394 g/mol. The molecule has 0 unspecified atom stereocenters. The van der Waals surface area contributed by atoms with Gasteiger partial charge in [-0.25, -0.2) is 13.4 Å². The average Bonchev–Trinajstić information content (AvgIpc) is 2.95. The molecule has 1 aromatic heterocycles. The van der Waals surface area contributed by atoms with E-state index in [1.165, 1.54) is 31.2 Å². The Kier molecular flexibility index (Phi) is 5.13. The number of thiazole rings is 1. The fourth-order valence-electron chi connectivity index (χ4n) is 1.57. The van der Waals surface area contributed by atoms with Crippen LogP contribution in [-0.4, -0.2) is 30.8 Å². The second-order valence-corrected chi connectivity index (χ2v) is 7.26. The molecule has 0 aliphatic rings. The lowest BCUT2D eigenvalue weighted by Gasteiger charge is -2.05. The number of sulfone groups is 1. The van der Waals surface area contributed by atoms with Crippen LogP contribution in [0, 0.1) is 0 Å². The molecule has 7 nitrogen and oxygen atoms in total. The number of nitrogens with one attached hydrogen (secondary N) is 1. The number of rotatable bonds is 4. The summed E-state index contributed by atoms with van der Waals surface area (Å²) in [5, 5.41) is 1.38. The molecule has 2 aromatic rings. The number of ether oxygens (including phenoxy) is 1. The van der Waals surface area contributed by atoms with E-state index in [0.29, 0.717) is 16.7 Å². The lowest BCUT2D eigenvalue weighted by Crippen LogP contribution is -2.23. The van der Waals surface area contributed by atoms with E-state index in [1.807, 2.05) is 0 Å². The first kappa shape index (κ1) is 18.9. The molecule has 0 radical (unpaired) electrons. The van der Waals surface area contributed by atoms with Crippen molar-refractivity contribution in [3.63, 3.8) is 0 Å². The molecule has 1 aromatic carbocycles. The van der Waals surface area contributed by atoms with Crippen molar-refractivity contribution in [1.29, 1.82) is 0 Å². The normalized spacial score (nSPS) is 11.8. The first-order valence-corrected chi connectivity index (χ1v) is 8.73. The Hall–Kier alpha value is -2.47. The summed E-state index contributed by atoms with van der Waals surface area (Å²) in [7, 11) is -5.57. The molecule has 134 valence electrons. The molecule has 12 heteroatoms. The van der Waals surface area contributed by atoms with E-state index in [-0.39, 0.29) is 16.4 Å². The molecule has 0 aliphatic carbocycles. The summed E-state index contributed by atoms with van der Waals surface area (Å²) in [5.74, 6) is -1.06. The first-order valence-electron chi connectivity index (χ1n) is 6.37. The molecule has 0 saturated carbocycles. The van der Waals surface area contributed by atoms with Gasteiger partial charge in [-0.1, -0.05) is 0 Å². The standard InChI is InChI=1S/C13H9F3N2O5S2/c1-7(19)23-9-4-2-8(3-5-9)11(20)18-12-17-10(6-24-12)25(21,22)13(14,15)16/h2-6H,1H3,(H,17,18,20). The predicted molar refractivity (Wildman–Crippen MR) is 81.1 cm³/mol. The predicted octanol–water partition coefficient (Wildman–Crippen LogP) is 2.61. The van der Waals surface area contributed by atoms with Gasteiger partial charge in [0.2, 0.25) is 0 Å². The zero-order chi connectivity index (χ0) is 18.8. The zero-order valence-electron chi connectivity index (χ0n) is 12.3. The lowest BCUT2D eigenvalue weighted by molar-refractivity contribution is -0.131. The third kappa shape index (κ3) is 4.33. The molecule has 1 N–H and O–H groups in total. The Morgan fingerprint density at radius 2 is 1.80 bits per heavy atom. The summed E-state index contributed by atoms with van der Waals surface area (Å²) >= 11 is 0.536. The Balaban J connectivity index is 2.13. The Morgan fingerprint density at radius 3 is 2.32 bits per heavy atom. The number of hydrogen-bond acceptors (Lipinski definition) is 7. The highest BCUT2D eigenvalue weighted by molar-refractivity contribution is 7.92. The van der Waals surface area contributed by atoms with E-state index in [1.54, 1.807) is 0 Å². The molecular weight excluding hydrogens is 385 g/mol. The Morgan fingerprint density at radius 1 is 1.20 bits per heavy atom. The minimum atomic E-state index is -5.57. The van der Waals surface area contributed by atoms with Crippen molar-refractivity contribution in [3.05, 3.63) is 35.2 Å². The molecule has 2 rings (SSSR count). The van der Waals surface area contributed by atoms with Crippen LogP contribution >= 0.6 is 11.3 Å². The lowest BCUT2D eigenvalue weighted by atomic mass is 10.2. The molecule has 0 aliphatic heterocycles. The molecule has 0 saturated heterocycles. The highest BCUT2D eigenvalue weighted by atomic mass is 32.2. The zero-order valence-corrected chi connectivity index (χ0v) is 14.0. The molecule has 0 fully saturated rings. The summed E-state index contributed by atoms with van der Waals surface area (Å²) in [4.78, 5) is 26.0. The van der Waals surface area contributed by atoms with Gasteiger partial charge in [0.05, 0.1) is 0 Å². The first-order chi connectivity index (χ1) is 11.5. The SMILES string of the molecule is CC(=O)Oc1ccc(C(=O)Nc2nc(S(=O)(=O)C(F)(F)F)cs2)cc1. The minimum absolute atomic E-state index is 0.103. The number of nitrogens with zero attached hydrogens (tertiary/aromatic N) is 1. The number of alkyl halides is 3. The van der Waals surface area contributed by atoms with E-state index in [0.717, 1.165) is 0 Å². The van der Waals surface area contributed by atoms with Crippen LogP contribution in [0.25, 0.3) is 0 Å². The number of amides is 1. The quantitative estimate of drug-likeness (QED) is 0.632. The fourth-order valence-corrected chi connectivity index (χ4v) is 3.29. The molecule has 0 spiro atoms. The maximum atomic E-state index is 12.4. The summed E-state index contributed by atoms with van der Waals surface area (Å²) in [5.41, 5.74) is -5.37. The van der Waals surface area contributed by atoms with E-state index in [2.05, 4.69) is 10.3 Å². The maximum absolute atomic E-state index is 12.4. The van der Waals surface area contributed by atoms with Crippen molar-refractivity contribution >= 4 is 38.2 Å². The minimum Gasteiger partial charge on any atom is -0.427 e. The van der Waals surface area contributed by atoms with Crippen molar-refractivity contribution in [1.82, 2.24) is 4.98 Å². The van der Waals surface area contributed by atoms with Gasteiger partial charge in [-0.2, -0.15) is 13.2 Å². The molecular formula is C13H9F3N2O5S2. The number of hydrogen-bond donors (Lipinski definition) is 1. The topological polar surface area (TPSA) is 102 Å². The summed E-state index contributed by atoms with van der Waals surface area (Å²) in [6.45, 7) is 1.20. The maximum Gasteiger partial charge on any atom is 0.503 e. The molecule has 0 atom stereocenters. The van der Waals surface area contributed by atoms with Crippen LogP contribution in [0.15, 0.2) is 34.7 Å². The van der Waals surface area contributed by atoms with Gasteiger partial charge >= 0.3 is 11.5 Å². The summed E-state index contributed by atoms with van der Waals surface area (Å²) in [6, 6.07) is 5.32. The van der Waals surface area contributed by atoms with Crippen LogP contribution < -0.4 is 10.1 Å². The number of halogens is 3. The van der Waals surface area contributed by atoms with Crippen LogP contribution in [0.3, 0.4) is 0 Å². The van der Waals surface area contributed by atoms with Crippen LogP contribution in [0.1, 0.15) is 17.3 Å². The number of aromatic nitrogens is 1. The van der Waals surface area contributed by atoms with E-state index in [4.69, 9.17) is 4.74 Å². The van der Waals surface area contributed by atoms with Crippen LogP contribution in [0.5, 0.6) is 5.75 Å². The van der Waals surface area contributed by atoms with Gasteiger partial charge in [-0.05, 0) is 24.3 Å². The number of esters is 1. The van der Waals surface area contributed by atoms with Crippen LogP contribution in [-0.2, 0) is 14.6 Å². The Labute approximate surface area is 143 Å². The molecule has 1 heterocycles. The van der Waals surface area contributed by atoms with E-state index < -0.39 is 32.2 Å². The van der Waals surface area contributed by atoms with E-state index >= 15 is 0 Å². The van der Waals surface area contributed by atoms with Gasteiger partial charge in [0.25, 0.3) is 15.7 Å². The van der Waals surface area contributed by atoms with Gasteiger partial charge in [-0.15, -0.1) is 11.3 Å². The van der Waals surface area contributed by atoms with Crippen molar-refractivity contribution in [2.75, 3.05) is 5.32 Å². The number of carbonyl (C=O) groups is 2. The van der Waals surface area contributed by atoms with Gasteiger partial charge in [0.15, 0.2) is 10.2 Å². The number of anilines is 1. The fraction of sp³-hybridized carbons (Fsp3) is 0.154. The highest BCUT2D eigenvalue weighted by Crippen LogP contribution is 2.32. The van der Waals surface area contributed by atoms with Gasteiger partial charge < -0.3 is 4.74 Å². The molecule has 0 bridgehead atoms. The van der Waals surface area contributed by atoms with Crippen molar-refractivity contribution < 1.29 is 35.9 Å². The van der Waals surface area contributed by atoms with Crippen molar-refractivity contribution in [2.45, 2.75) is 17.5 Å². The second kappa shape index (κ2) is 6.80. The van der Waals surface area contributed by atoms with Gasteiger partial charge in [0, 0.05) is 17.9 Å². The van der Waals surface area contributed by atoms with Crippen molar-refractivity contribution in [3.8, 4) is 5.75 Å². The number of benzene rings is 1. The third-order valence-electron chi connectivity index (χ3n) is 2.66.